The van der Waals surface area contributed by atoms with E-state index in [1.165, 1.54) is 0 Å². The smallest absolute Gasteiger partial charge is 0.325 e. The standard InChI is InChI=1S/C27H27N3O5/c1-4-34-20-11-9-19(10-12-20)30-17(2)15-21(18(30)3)23(31)16-29-25(32)27(28-26(29)33)13-14-35-24-8-6-5-7-22(24)27/h5-12,15H,4,13-14,16H2,1-3H3,(H,28,33)/t27-/m0/s1. The predicted octanol–water partition coefficient (Wildman–Crippen LogP) is 3.91. The van der Waals surface area contributed by atoms with Crippen LogP contribution >= 0.6 is 0 Å². The number of aromatic nitrogens is 1. The van der Waals surface area contributed by atoms with Gasteiger partial charge in [-0.2, -0.15) is 0 Å². The van der Waals surface area contributed by atoms with Gasteiger partial charge in [0, 0.05) is 34.6 Å². The summed E-state index contributed by atoms with van der Waals surface area (Å²) in [7, 11) is 0. The number of amides is 3. The second-order valence-corrected chi connectivity index (χ2v) is 8.79. The number of aryl methyl sites for hydroxylation is 1. The molecule has 1 fully saturated rings. The van der Waals surface area contributed by atoms with Crippen LogP contribution in [-0.4, -0.2) is 46.9 Å². The van der Waals surface area contributed by atoms with E-state index >= 15 is 0 Å². The number of urea groups is 1. The quantitative estimate of drug-likeness (QED) is 0.433. The predicted molar refractivity (Wildman–Crippen MR) is 129 cm³/mol. The van der Waals surface area contributed by atoms with Gasteiger partial charge in [0.1, 0.15) is 11.5 Å². The molecule has 2 aliphatic heterocycles. The third-order valence-corrected chi connectivity index (χ3v) is 6.70. The zero-order valence-electron chi connectivity index (χ0n) is 20.0. The molecule has 1 atom stereocenters. The zero-order valence-corrected chi connectivity index (χ0v) is 20.0. The molecule has 0 unspecified atom stereocenters. The number of imide groups is 1. The molecule has 1 aromatic heterocycles. The van der Waals surface area contributed by atoms with Gasteiger partial charge in [0.25, 0.3) is 5.91 Å². The van der Waals surface area contributed by atoms with Crippen LogP contribution in [0.3, 0.4) is 0 Å². The van der Waals surface area contributed by atoms with Gasteiger partial charge >= 0.3 is 6.03 Å². The summed E-state index contributed by atoms with van der Waals surface area (Å²) in [4.78, 5) is 40.7. The molecule has 0 saturated carbocycles. The van der Waals surface area contributed by atoms with E-state index in [1.807, 2.05) is 55.7 Å². The molecule has 3 amide bonds. The minimum absolute atomic E-state index is 0.295. The van der Waals surface area contributed by atoms with Crippen LogP contribution in [0.1, 0.15) is 40.7 Å². The molecule has 8 heteroatoms. The Morgan fingerprint density at radius 1 is 1.11 bits per heavy atom. The van der Waals surface area contributed by atoms with E-state index in [-0.39, 0.29) is 12.3 Å². The first-order chi connectivity index (χ1) is 16.9. The van der Waals surface area contributed by atoms with Gasteiger partial charge in [-0.1, -0.05) is 18.2 Å². The van der Waals surface area contributed by atoms with Crippen molar-refractivity contribution >= 4 is 17.7 Å². The van der Waals surface area contributed by atoms with Crippen molar-refractivity contribution in [2.45, 2.75) is 32.7 Å². The number of hydrogen-bond donors (Lipinski definition) is 1. The molecule has 2 aromatic carbocycles. The van der Waals surface area contributed by atoms with Gasteiger partial charge in [-0.05, 0) is 57.2 Å². The van der Waals surface area contributed by atoms with Crippen molar-refractivity contribution < 1.29 is 23.9 Å². The van der Waals surface area contributed by atoms with E-state index in [4.69, 9.17) is 9.47 Å². The van der Waals surface area contributed by atoms with E-state index in [0.717, 1.165) is 27.7 Å². The van der Waals surface area contributed by atoms with Gasteiger partial charge in [-0.3, -0.25) is 14.5 Å². The summed E-state index contributed by atoms with van der Waals surface area (Å²) in [6.45, 7) is 6.26. The number of fused-ring (bicyclic) bond motifs is 2. The molecule has 5 rings (SSSR count). The molecule has 3 heterocycles. The number of nitrogens with zero attached hydrogens (tertiary/aromatic N) is 2. The number of Topliss-reactive ketones (excluding diaryl/α,β-unsaturated/α-hetero) is 1. The molecule has 0 bridgehead atoms. The van der Waals surface area contributed by atoms with Crippen LogP contribution < -0.4 is 14.8 Å². The Hall–Kier alpha value is -4.07. The largest absolute Gasteiger partial charge is 0.494 e. The van der Waals surface area contributed by atoms with Crippen LogP contribution in [0, 0.1) is 13.8 Å². The maximum absolute atomic E-state index is 13.5. The lowest BCUT2D eigenvalue weighted by Crippen LogP contribution is -2.47. The lowest BCUT2D eigenvalue weighted by Gasteiger charge is -2.33. The average molecular weight is 474 g/mol. The minimum atomic E-state index is -1.20. The van der Waals surface area contributed by atoms with Crippen molar-refractivity contribution in [3.8, 4) is 17.2 Å². The number of benzene rings is 2. The fourth-order valence-electron chi connectivity index (χ4n) is 5.04. The number of carbonyl (C=O) groups excluding carboxylic acids is 3. The Balaban J connectivity index is 1.41. The van der Waals surface area contributed by atoms with Crippen LogP contribution in [-0.2, 0) is 10.3 Å². The van der Waals surface area contributed by atoms with Crippen LogP contribution in [0.25, 0.3) is 5.69 Å². The van der Waals surface area contributed by atoms with Gasteiger partial charge < -0.3 is 19.4 Å². The highest BCUT2D eigenvalue weighted by molar-refractivity contribution is 6.12. The number of nitrogens with one attached hydrogen (secondary N) is 1. The molecule has 35 heavy (non-hydrogen) atoms. The van der Waals surface area contributed by atoms with Crippen LogP contribution in [0.2, 0.25) is 0 Å². The van der Waals surface area contributed by atoms with Crippen LogP contribution in [0.15, 0.2) is 54.6 Å². The number of para-hydroxylation sites is 1. The van der Waals surface area contributed by atoms with E-state index in [2.05, 4.69) is 5.32 Å². The summed E-state index contributed by atoms with van der Waals surface area (Å²) >= 11 is 0. The van der Waals surface area contributed by atoms with Crippen molar-refractivity contribution in [3.63, 3.8) is 0 Å². The van der Waals surface area contributed by atoms with E-state index in [1.54, 1.807) is 24.3 Å². The number of rotatable bonds is 6. The van der Waals surface area contributed by atoms with Gasteiger partial charge in [-0.25, -0.2) is 4.79 Å². The van der Waals surface area contributed by atoms with E-state index in [0.29, 0.717) is 36.5 Å². The summed E-state index contributed by atoms with van der Waals surface area (Å²) in [5, 5.41) is 2.84. The third kappa shape index (κ3) is 3.65. The topological polar surface area (TPSA) is 89.9 Å². The molecule has 0 radical (unpaired) electrons. The van der Waals surface area contributed by atoms with Crippen molar-refractivity contribution in [2.24, 2.45) is 0 Å². The highest BCUT2D eigenvalue weighted by Gasteiger charge is 2.55. The fraction of sp³-hybridized carbons (Fsp3) is 0.296. The average Bonchev–Trinajstić information content (AvgIpc) is 3.28. The summed E-state index contributed by atoms with van der Waals surface area (Å²) in [6, 6.07) is 16.0. The minimum Gasteiger partial charge on any atom is -0.494 e. The van der Waals surface area contributed by atoms with Gasteiger partial charge in [-0.15, -0.1) is 0 Å². The summed E-state index contributed by atoms with van der Waals surface area (Å²) in [6.07, 6.45) is 0.311. The Kier molecular flexibility index (Phi) is 5.59. The first-order valence-electron chi connectivity index (χ1n) is 11.7. The Bertz CT molecular complexity index is 1330. The third-order valence-electron chi connectivity index (χ3n) is 6.70. The molecular weight excluding hydrogens is 446 g/mol. The van der Waals surface area contributed by atoms with Crippen molar-refractivity contribution in [2.75, 3.05) is 19.8 Å². The Morgan fingerprint density at radius 2 is 1.86 bits per heavy atom. The van der Waals surface area contributed by atoms with E-state index < -0.39 is 17.5 Å². The first kappa shape index (κ1) is 22.7. The second-order valence-electron chi connectivity index (χ2n) is 8.79. The number of carbonyl (C=O) groups is 3. The molecule has 1 spiro atoms. The molecular formula is C27H27N3O5. The van der Waals surface area contributed by atoms with Gasteiger partial charge in [0.05, 0.1) is 19.8 Å². The van der Waals surface area contributed by atoms with Crippen LogP contribution in [0.5, 0.6) is 11.5 Å². The summed E-state index contributed by atoms with van der Waals surface area (Å²) < 4.78 is 13.2. The first-order valence-corrected chi connectivity index (χ1v) is 11.7. The van der Waals surface area contributed by atoms with Gasteiger partial charge in [0.15, 0.2) is 11.3 Å². The number of ketones is 1. The molecule has 8 nitrogen and oxygen atoms in total. The Morgan fingerprint density at radius 3 is 2.60 bits per heavy atom. The van der Waals surface area contributed by atoms with Crippen LogP contribution in [0.4, 0.5) is 4.79 Å². The molecule has 0 aliphatic carbocycles. The summed E-state index contributed by atoms with van der Waals surface area (Å²) in [5.41, 5.74) is 2.41. The normalized spacial score (nSPS) is 18.9. The van der Waals surface area contributed by atoms with Crippen molar-refractivity contribution in [3.05, 3.63) is 77.1 Å². The summed E-state index contributed by atoms with van der Waals surface area (Å²) in [5.74, 6) is 0.625. The molecule has 3 aromatic rings. The highest BCUT2D eigenvalue weighted by Crippen LogP contribution is 2.41. The number of hydrogen-bond acceptors (Lipinski definition) is 5. The monoisotopic (exact) mass is 473 g/mol. The van der Waals surface area contributed by atoms with E-state index in [9.17, 15) is 14.4 Å². The lowest BCUT2D eigenvalue weighted by molar-refractivity contribution is -0.132. The lowest BCUT2D eigenvalue weighted by atomic mass is 9.84. The fourth-order valence-corrected chi connectivity index (χ4v) is 5.04. The van der Waals surface area contributed by atoms with Gasteiger partial charge in [0.2, 0.25) is 0 Å². The molecule has 180 valence electrons. The van der Waals surface area contributed by atoms with Crippen molar-refractivity contribution in [1.29, 1.82) is 0 Å². The maximum atomic E-state index is 13.5. The zero-order chi connectivity index (χ0) is 24.7. The number of ether oxygens (including phenoxy) is 2. The molecule has 1 N–H and O–H groups in total. The van der Waals surface area contributed by atoms with Crippen molar-refractivity contribution in [1.82, 2.24) is 14.8 Å². The SMILES string of the molecule is CCOc1ccc(-n2c(C)cc(C(=O)CN3C(=O)N[C@]4(CCOc5ccccc54)C3=O)c2C)cc1. The second kappa shape index (κ2) is 8.61. The highest BCUT2D eigenvalue weighted by atomic mass is 16.5. The Labute approximate surface area is 203 Å². The maximum Gasteiger partial charge on any atom is 0.325 e. The molecule has 1 saturated heterocycles. The molecule has 2 aliphatic rings.